The Morgan fingerprint density at radius 1 is 1.03 bits per heavy atom. The standard InChI is InChI=1S/C24H33NO7/c1-14-15(2)21(31-17(4)26)22(30-16(14)3)32-23(27)25-20-9-7-18(8-10-20)11-19-12-28-24(5,6)29-13-19/h7-11,14-16,21-22H,12-13H2,1-6H3,(H,25,27)/t14-,15-,16?,21?,22-/m0/s1. The van der Waals surface area contributed by atoms with E-state index in [9.17, 15) is 9.59 Å². The minimum absolute atomic E-state index is 0.0221. The Morgan fingerprint density at radius 3 is 2.25 bits per heavy atom. The van der Waals surface area contributed by atoms with Crippen molar-refractivity contribution in [3.05, 3.63) is 35.4 Å². The quantitative estimate of drug-likeness (QED) is 0.686. The summed E-state index contributed by atoms with van der Waals surface area (Å²) in [6, 6.07) is 7.32. The Bertz CT molecular complexity index is 836. The zero-order valence-electron chi connectivity index (χ0n) is 19.5. The lowest BCUT2D eigenvalue weighted by atomic mass is 9.84. The zero-order chi connectivity index (χ0) is 23.5. The van der Waals surface area contributed by atoms with Crippen molar-refractivity contribution >= 4 is 23.8 Å². The van der Waals surface area contributed by atoms with E-state index in [0.717, 1.165) is 11.1 Å². The van der Waals surface area contributed by atoms with E-state index < -0.39 is 30.2 Å². The van der Waals surface area contributed by atoms with Gasteiger partial charge in [0.25, 0.3) is 0 Å². The molecule has 1 aromatic carbocycles. The number of esters is 1. The van der Waals surface area contributed by atoms with Gasteiger partial charge in [-0.3, -0.25) is 10.1 Å². The molecule has 8 nitrogen and oxygen atoms in total. The Labute approximate surface area is 189 Å². The summed E-state index contributed by atoms with van der Waals surface area (Å²) in [7, 11) is 0. The molecule has 1 N–H and O–H groups in total. The van der Waals surface area contributed by atoms with Gasteiger partial charge in [0, 0.05) is 18.5 Å². The molecule has 2 heterocycles. The molecule has 0 bridgehead atoms. The highest BCUT2D eigenvalue weighted by atomic mass is 16.7. The molecule has 8 heteroatoms. The third-order valence-electron chi connectivity index (χ3n) is 5.97. The molecule has 32 heavy (non-hydrogen) atoms. The maximum Gasteiger partial charge on any atom is 0.414 e. The summed E-state index contributed by atoms with van der Waals surface area (Å²) in [5.41, 5.74) is 2.57. The number of amides is 1. The van der Waals surface area contributed by atoms with Crippen LogP contribution in [0.4, 0.5) is 10.5 Å². The fraction of sp³-hybridized carbons (Fsp3) is 0.583. The molecule has 0 spiro atoms. The molecule has 2 fully saturated rings. The molecule has 2 saturated heterocycles. The Balaban J connectivity index is 1.58. The number of benzene rings is 1. The van der Waals surface area contributed by atoms with Crippen LogP contribution in [-0.2, 0) is 28.5 Å². The summed E-state index contributed by atoms with van der Waals surface area (Å²) in [5.74, 6) is -0.875. The zero-order valence-corrected chi connectivity index (χ0v) is 19.5. The molecule has 3 rings (SSSR count). The van der Waals surface area contributed by atoms with Crippen molar-refractivity contribution in [2.45, 2.75) is 65.8 Å². The first-order chi connectivity index (χ1) is 15.0. The maximum atomic E-state index is 12.5. The van der Waals surface area contributed by atoms with Gasteiger partial charge in [-0.2, -0.15) is 0 Å². The van der Waals surface area contributed by atoms with Crippen molar-refractivity contribution in [2.24, 2.45) is 11.8 Å². The minimum atomic E-state index is -0.973. The maximum absolute atomic E-state index is 12.5. The molecule has 2 unspecified atom stereocenters. The van der Waals surface area contributed by atoms with Gasteiger partial charge in [-0.15, -0.1) is 0 Å². The van der Waals surface area contributed by atoms with Crippen LogP contribution < -0.4 is 5.32 Å². The number of carbonyl (C=O) groups excluding carboxylic acids is 2. The molecular formula is C24H33NO7. The van der Waals surface area contributed by atoms with Crippen molar-refractivity contribution in [3.8, 4) is 0 Å². The molecule has 176 valence electrons. The van der Waals surface area contributed by atoms with Crippen LogP contribution in [0.2, 0.25) is 0 Å². The molecule has 1 aromatic rings. The van der Waals surface area contributed by atoms with Gasteiger partial charge in [-0.05, 0) is 50.0 Å². The number of rotatable bonds is 4. The molecule has 5 atom stereocenters. The van der Waals surface area contributed by atoms with E-state index in [-0.39, 0.29) is 17.9 Å². The van der Waals surface area contributed by atoms with Crippen molar-refractivity contribution in [1.29, 1.82) is 0 Å². The smallest absolute Gasteiger partial charge is 0.414 e. The van der Waals surface area contributed by atoms with Gasteiger partial charge < -0.3 is 23.7 Å². The van der Waals surface area contributed by atoms with Gasteiger partial charge in [0.05, 0.1) is 19.3 Å². The molecule has 0 aliphatic carbocycles. The van der Waals surface area contributed by atoms with Gasteiger partial charge >= 0.3 is 12.1 Å². The Morgan fingerprint density at radius 2 is 1.66 bits per heavy atom. The second-order valence-electron chi connectivity index (χ2n) is 8.93. The van der Waals surface area contributed by atoms with Crippen molar-refractivity contribution in [3.63, 3.8) is 0 Å². The molecule has 1 amide bonds. The molecule has 2 aliphatic heterocycles. The summed E-state index contributed by atoms with van der Waals surface area (Å²) in [5, 5.41) is 2.69. The van der Waals surface area contributed by atoms with E-state index in [1.807, 2.05) is 52.8 Å². The van der Waals surface area contributed by atoms with Crippen LogP contribution in [-0.4, -0.2) is 49.6 Å². The van der Waals surface area contributed by atoms with Gasteiger partial charge in [0.1, 0.15) is 0 Å². The Kier molecular flexibility index (Phi) is 7.59. The van der Waals surface area contributed by atoms with Crippen molar-refractivity contribution in [2.75, 3.05) is 18.5 Å². The van der Waals surface area contributed by atoms with Gasteiger partial charge in [-0.1, -0.05) is 32.1 Å². The van der Waals surface area contributed by atoms with E-state index in [2.05, 4.69) is 5.32 Å². The molecular weight excluding hydrogens is 414 g/mol. The van der Waals surface area contributed by atoms with Crippen LogP contribution in [0.15, 0.2) is 29.8 Å². The highest BCUT2D eigenvalue weighted by molar-refractivity contribution is 5.84. The fourth-order valence-electron chi connectivity index (χ4n) is 3.69. The highest BCUT2D eigenvalue weighted by Gasteiger charge is 2.44. The monoisotopic (exact) mass is 447 g/mol. The topological polar surface area (TPSA) is 92.3 Å². The third kappa shape index (κ3) is 6.31. The van der Waals surface area contributed by atoms with Crippen LogP contribution in [0.1, 0.15) is 47.1 Å². The van der Waals surface area contributed by atoms with Gasteiger partial charge in [-0.25, -0.2) is 4.79 Å². The molecule has 2 aliphatic rings. The third-order valence-corrected chi connectivity index (χ3v) is 5.97. The summed E-state index contributed by atoms with van der Waals surface area (Å²) >= 11 is 0. The first-order valence-corrected chi connectivity index (χ1v) is 10.9. The van der Waals surface area contributed by atoms with E-state index in [0.29, 0.717) is 18.9 Å². The first-order valence-electron chi connectivity index (χ1n) is 10.9. The van der Waals surface area contributed by atoms with Crippen LogP contribution in [0.25, 0.3) is 6.08 Å². The first kappa shape index (κ1) is 24.2. The predicted molar refractivity (Wildman–Crippen MR) is 119 cm³/mol. The lowest BCUT2D eigenvalue weighted by Gasteiger charge is -2.42. The fourth-order valence-corrected chi connectivity index (χ4v) is 3.69. The highest BCUT2D eigenvalue weighted by Crippen LogP contribution is 2.33. The SMILES string of the molecule is CC(=O)OC1[C@H](OC(=O)Nc2ccc(C=C3COC(C)(C)OC3)cc2)OC(C)[C@@H](C)[C@@H]1C. The summed E-state index contributed by atoms with van der Waals surface area (Å²) in [4.78, 5) is 24.0. The van der Waals surface area contributed by atoms with E-state index >= 15 is 0 Å². The minimum Gasteiger partial charge on any atom is -0.456 e. The number of carbonyl (C=O) groups is 2. The number of anilines is 1. The van der Waals surface area contributed by atoms with E-state index in [1.165, 1.54) is 6.92 Å². The molecule has 0 aromatic heterocycles. The normalized spacial score (nSPS) is 29.7. The lowest BCUT2D eigenvalue weighted by molar-refractivity contribution is -0.250. The number of ether oxygens (including phenoxy) is 5. The number of nitrogens with one attached hydrogen (secondary N) is 1. The molecule has 0 saturated carbocycles. The van der Waals surface area contributed by atoms with Crippen LogP contribution in [0.5, 0.6) is 0 Å². The van der Waals surface area contributed by atoms with Crippen LogP contribution in [0, 0.1) is 11.8 Å². The van der Waals surface area contributed by atoms with Crippen LogP contribution >= 0.6 is 0 Å². The summed E-state index contributed by atoms with van der Waals surface area (Å²) in [6.45, 7) is 12.0. The molecule has 0 radical (unpaired) electrons. The lowest BCUT2D eigenvalue weighted by Crippen LogP contribution is -2.52. The van der Waals surface area contributed by atoms with Crippen molar-refractivity contribution in [1.82, 2.24) is 0 Å². The van der Waals surface area contributed by atoms with E-state index in [4.69, 9.17) is 23.7 Å². The largest absolute Gasteiger partial charge is 0.456 e. The average molecular weight is 448 g/mol. The summed E-state index contributed by atoms with van der Waals surface area (Å²) in [6.07, 6.45) is -0.451. The number of hydrogen-bond donors (Lipinski definition) is 1. The summed E-state index contributed by atoms with van der Waals surface area (Å²) < 4.78 is 28.0. The number of hydrogen-bond acceptors (Lipinski definition) is 7. The van der Waals surface area contributed by atoms with Gasteiger partial charge in [0.2, 0.25) is 6.29 Å². The van der Waals surface area contributed by atoms with E-state index in [1.54, 1.807) is 12.1 Å². The average Bonchev–Trinajstić information content (AvgIpc) is 2.72. The second kappa shape index (κ2) is 10.0. The second-order valence-corrected chi connectivity index (χ2v) is 8.93. The van der Waals surface area contributed by atoms with Gasteiger partial charge in [0.15, 0.2) is 11.9 Å². The van der Waals surface area contributed by atoms with Crippen molar-refractivity contribution < 1.29 is 33.3 Å². The van der Waals surface area contributed by atoms with Crippen LogP contribution in [0.3, 0.4) is 0 Å². The predicted octanol–water partition coefficient (Wildman–Crippen LogP) is 4.35. The Hall–Kier alpha value is -2.42.